The van der Waals surface area contributed by atoms with Gasteiger partial charge in [0.2, 0.25) is 0 Å². The molecule has 0 aliphatic rings. The molecule has 0 fully saturated rings. The molecule has 0 saturated heterocycles. The molecule has 0 bridgehead atoms. The van der Waals surface area contributed by atoms with Crippen LogP contribution in [0.25, 0.3) is 0 Å². The summed E-state index contributed by atoms with van der Waals surface area (Å²) in [5.41, 5.74) is 0.869. The fourth-order valence-corrected chi connectivity index (χ4v) is 1.57. The van der Waals surface area contributed by atoms with E-state index in [-0.39, 0.29) is 16.9 Å². The molecule has 0 aliphatic heterocycles. The molecule has 0 aromatic heterocycles. The number of rotatable bonds is 5. The molecule has 94 valence electrons. The monoisotopic (exact) mass is 259 g/mol. The van der Waals surface area contributed by atoms with E-state index in [1.807, 2.05) is 0 Å². The number of benzene rings is 1. The first-order valence-corrected chi connectivity index (χ1v) is 5.65. The Morgan fingerprint density at radius 3 is 2.88 bits per heavy atom. The molecule has 17 heavy (non-hydrogen) atoms. The van der Waals surface area contributed by atoms with Crippen molar-refractivity contribution in [3.05, 3.63) is 34.6 Å². The van der Waals surface area contributed by atoms with Crippen molar-refractivity contribution in [2.24, 2.45) is 5.92 Å². The highest BCUT2D eigenvalue weighted by atomic mass is 35.5. The number of carbonyl (C=O) groups excluding carboxylic acids is 1. The second-order valence-corrected chi connectivity index (χ2v) is 4.21. The van der Waals surface area contributed by atoms with E-state index in [1.54, 1.807) is 19.1 Å². The first kappa shape index (κ1) is 13.9. The molecule has 5 heteroatoms. The normalized spacial score (nSPS) is 12.2. The van der Waals surface area contributed by atoms with Gasteiger partial charge in [-0.1, -0.05) is 24.6 Å². The Bertz CT molecular complexity index is 398. The first-order chi connectivity index (χ1) is 8.04. The quantitative estimate of drug-likeness (QED) is 0.825. The fourth-order valence-electron chi connectivity index (χ4n) is 1.37. The molecule has 3 nitrogen and oxygen atoms in total. The maximum Gasteiger partial charge on any atom is 0.309 e. The zero-order valence-electron chi connectivity index (χ0n) is 9.80. The van der Waals surface area contributed by atoms with Crippen LogP contribution in [0.3, 0.4) is 0 Å². The van der Waals surface area contributed by atoms with Gasteiger partial charge in [0, 0.05) is 13.1 Å². The van der Waals surface area contributed by atoms with Crippen molar-refractivity contribution in [1.82, 2.24) is 5.32 Å². The van der Waals surface area contributed by atoms with E-state index < -0.39 is 5.82 Å². The average molecular weight is 260 g/mol. The Balaban J connectivity index is 2.40. The van der Waals surface area contributed by atoms with E-state index >= 15 is 0 Å². The van der Waals surface area contributed by atoms with E-state index in [1.165, 1.54) is 13.2 Å². The Hall–Kier alpha value is -1.13. The smallest absolute Gasteiger partial charge is 0.309 e. The number of hydrogen-bond donors (Lipinski definition) is 1. The predicted octanol–water partition coefficient (Wildman–Crippen LogP) is 2.38. The second-order valence-electron chi connectivity index (χ2n) is 3.80. The van der Waals surface area contributed by atoms with Gasteiger partial charge in [-0.05, 0) is 17.7 Å². The Kier molecular flexibility index (Phi) is 5.38. The van der Waals surface area contributed by atoms with E-state index in [0.717, 1.165) is 5.56 Å². The SMILES string of the molecule is COC(=O)C(C)CNCc1ccc(F)c(Cl)c1. The lowest BCUT2D eigenvalue weighted by molar-refractivity contribution is -0.144. The molecule has 0 heterocycles. The van der Waals surface area contributed by atoms with Gasteiger partial charge in [0.1, 0.15) is 5.82 Å². The highest BCUT2D eigenvalue weighted by Gasteiger charge is 2.12. The van der Waals surface area contributed by atoms with Crippen LogP contribution in [-0.4, -0.2) is 19.6 Å². The van der Waals surface area contributed by atoms with Gasteiger partial charge in [-0.2, -0.15) is 0 Å². The molecule has 0 radical (unpaired) electrons. The summed E-state index contributed by atoms with van der Waals surface area (Å²) in [5.74, 6) is -0.899. The highest BCUT2D eigenvalue weighted by Crippen LogP contribution is 2.15. The van der Waals surface area contributed by atoms with Gasteiger partial charge >= 0.3 is 5.97 Å². The van der Waals surface area contributed by atoms with Crippen molar-refractivity contribution >= 4 is 17.6 Å². The molecule has 1 atom stereocenters. The van der Waals surface area contributed by atoms with Crippen molar-refractivity contribution in [3.63, 3.8) is 0 Å². The van der Waals surface area contributed by atoms with Gasteiger partial charge in [-0.15, -0.1) is 0 Å². The minimum atomic E-state index is -0.432. The lowest BCUT2D eigenvalue weighted by atomic mass is 10.1. The molecule has 1 unspecified atom stereocenters. The number of esters is 1. The third-order valence-corrected chi connectivity index (χ3v) is 2.66. The van der Waals surface area contributed by atoms with Gasteiger partial charge in [-0.3, -0.25) is 4.79 Å². The van der Waals surface area contributed by atoms with E-state index in [0.29, 0.717) is 13.1 Å². The zero-order chi connectivity index (χ0) is 12.8. The van der Waals surface area contributed by atoms with E-state index in [2.05, 4.69) is 10.1 Å². The van der Waals surface area contributed by atoms with Crippen LogP contribution >= 0.6 is 11.6 Å². The van der Waals surface area contributed by atoms with Crippen LogP contribution in [0.1, 0.15) is 12.5 Å². The predicted molar refractivity (Wildman–Crippen MR) is 64.3 cm³/mol. The van der Waals surface area contributed by atoms with Crippen LogP contribution in [0.2, 0.25) is 5.02 Å². The van der Waals surface area contributed by atoms with Gasteiger partial charge < -0.3 is 10.1 Å². The summed E-state index contributed by atoms with van der Waals surface area (Å²) >= 11 is 5.65. The van der Waals surface area contributed by atoms with Gasteiger partial charge in [0.25, 0.3) is 0 Å². The largest absolute Gasteiger partial charge is 0.469 e. The summed E-state index contributed by atoms with van der Waals surface area (Å²) in [6.07, 6.45) is 0. The molecule has 1 rings (SSSR count). The summed E-state index contributed by atoms with van der Waals surface area (Å²) < 4.78 is 17.5. The summed E-state index contributed by atoms with van der Waals surface area (Å²) in [5, 5.41) is 3.18. The molecular formula is C12H15ClFNO2. The van der Waals surface area contributed by atoms with Gasteiger partial charge in [0.05, 0.1) is 18.1 Å². The van der Waals surface area contributed by atoms with Crippen molar-refractivity contribution < 1.29 is 13.9 Å². The lowest BCUT2D eigenvalue weighted by Gasteiger charge is -2.10. The van der Waals surface area contributed by atoms with Crippen molar-refractivity contribution in [3.8, 4) is 0 Å². The number of hydrogen-bond acceptors (Lipinski definition) is 3. The Labute approximate surface area is 105 Å². The van der Waals surface area contributed by atoms with Crippen LogP contribution in [0.15, 0.2) is 18.2 Å². The van der Waals surface area contributed by atoms with Crippen LogP contribution in [-0.2, 0) is 16.1 Å². The molecule has 1 aromatic carbocycles. The highest BCUT2D eigenvalue weighted by molar-refractivity contribution is 6.30. The first-order valence-electron chi connectivity index (χ1n) is 5.27. The molecule has 1 aromatic rings. The third kappa shape index (κ3) is 4.32. The zero-order valence-corrected chi connectivity index (χ0v) is 10.6. The molecule has 0 amide bonds. The number of carbonyl (C=O) groups is 1. The summed E-state index contributed by atoms with van der Waals surface area (Å²) in [6, 6.07) is 4.53. The van der Waals surface area contributed by atoms with E-state index in [4.69, 9.17) is 11.6 Å². The minimum Gasteiger partial charge on any atom is -0.469 e. The maximum absolute atomic E-state index is 12.9. The molecule has 0 spiro atoms. The van der Waals surface area contributed by atoms with Gasteiger partial charge in [0.15, 0.2) is 0 Å². The summed E-state index contributed by atoms with van der Waals surface area (Å²) in [7, 11) is 1.36. The molecule has 1 N–H and O–H groups in total. The topological polar surface area (TPSA) is 38.3 Å². The molecule has 0 saturated carbocycles. The number of nitrogens with one attached hydrogen (secondary N) is 1. The fraction of sp³-hybridized carbons (Fsp3) is 0.417. The van der Waals surface area contributed by atoms with Crippen LogP contribution < -0.4 is 5.32 Å². The van der Waals surface area contributed by atoms with Crippen LogP contribution in [0, 0.1) is 11.7 Å². The summed E-state index contributed by atoms with van der Waals surface area (Å²) in [4.78, 5) is 11.1. The maximum atomic E-state index is 12.9. The second kappa shape index (κ2) is 6.57. The molecular weight excluding hydrogens is 245 g/mol. The van der Waals surface area contributed by atoms with Crippen molar-refractivity contribution in [1.29, 1.82) is 0 Å². The Morgan fingerprint density at radius 2 is 2.29 bits per heavy atom. The minimum absolute atomic E-state index is 0.102. The number of ether oxygens (including phenoxy) is 1. The van der Waals surface area contributed by atoms with Crippen molar-refractivity contribution in [2.45, 2.75) is 13.5 Å². The van der Waals surface area contributed by atoms with Gasteiger partial charge in [-0.25, -0.2) is 4.39 Å². The standard InChI is InChI=1S/C12H15ClFNO2/c1-8(12(16)17-2)6-15-7-9-3-4-11(14)10(13)5-9/h3-5,8,15H,6-7H2,1-2H3. The third-order valence-electron chi connectivity index (χ3n) is 2.37. The molecule has 0 aliphatic carbocycles. The van der Waals surface area contributed by atoms with Crippen LogP contribution in [0.4, 0.5) is 4.39 Å². The van der Waals surface area contributed by atoms with Crippen LogP contribution in [0.5, 0.6) is 0 Å². The number of methoxy groups -OCH3 is 1. The van der Waals surface area contributed by atoms with Crippen molar-refractivity contribution in [2.75, 3.05) is 13.7 Å². The summed E-state index contributed by atoms with van der Waals surface area (Å²) in [6.45, 7) is 2.81. The number of halogens is 2. The lowest BCUT2D eigenvalue weighted by Crippen LogP contribution is -2.26. The van der Waals surface area contributed by atoms with E-state index in [9.17, 15) is 9.18 Å². The Morgan fingerprint density at radius 1 is 1.59 bits per heavy atom. The average Bonchev–Trinajstić information content (AvgIpc) is 2.32.